The van der Waals surface area contributed by atoms with Crippen molar-refractivity contribution in [2.75, 3.05) is 13.2 Å². The molecule has 2 N–H and O–H groups in total. The highest BCUT2D eigenvalue weighted by molar-refractivity contribution is 5.94. The molecule has 0 saturated carbocycles. The highest BCUT2D eigenvalue weighted by atomic mass is 16.5. The van der Waals surface area contributed by atoms with Crippen molar-refractivity contribution in [1.82, 2.24) is 10.6 Å². The third kappa shape index (κ3) is 5.08. The van der Waals surface area contributed by atoms with Crippen LogP contribution in [0, 0.1) is 0 Å². The maximum atomic E-state index is 11.9. The highest BCUT2D eigenvalue weighted by Crippen LogP contribution is 2.14. The first-order chi connectivity index (χ1) is 10.5. The Bertz CT molecular complexity index is 534. The summed E-state index contributed by atoms with van der Waals surface area (Å²) in [5.74, 6) is -1.13. The van der Waals surface area contributed by atoms with Crippen LogP contribution >= 0.6 is 0 Å². The lowest BCUT2D eigenvalue weighted by Gasteiger charge is -2.26. The molecule has 2 amide bonds. The van der Waals surface area contributed by atoms with Crippen molar-refractivity contribution in [3.63, 3.8) is 0 Å². The van der Waals surface area contributed by atoms with Gasteiger partial charge in [0.1, 0.15) is 6.61 Å². The van der Waals surface area contributed by atoms with Crippen LogP contribution in [-0.2, 0) is 19.1 Å². The molecule has 7 heteroatoms. The van der Waals surface area contributed by atoms with Gasteiger partial charge in [-0.2, -0.15) is 0 Å². The Morgan fingerprint density at radius 3 is 2.64 bits per heavy atom. The van der Waals surface area contributed by atoms with Crippen LogP contribution in [0.15, 0.2) is 35.6 Å². The van der Waals surface area contributed by atoms with E-state index in [1.807, 2.05) is 6.92 Å². The second kappa shape index (κ2) is 8.66. The van der Waals surface area contributed by atoms with E-state index in [9.17, 15) is 14.4 Å². The molecule has 0 aromatic heterocycles. The average Bonchev–Trinajstić information content (AvgIpc) is 2.45. The van der Waals surface area contributed by atoms with E-state index < -0.39 is 24.0 Å². The number of amides is 2. The maximum Gasteiger partial charge on any atom is 0.338 e. The Hall–Kier alpha value is -2.57. The van der Waals surface area contributed by atoms with Crippen LogP contribution in [0.2, 0.25) is 0 Å². The summed E-state index contributed by atoms with van der Waals surface area (Å²) in [6.07, 6.45) is 6.22. The van der Waals surface area contributed by atoms with Gasteiger partial charge in [0, 0.05) is 6.08 Å². The molecular weight excluding hydrogens is 288 g/mol. The van der Waals surface area contributed by atoms with Crippen LogP contribution in [0.5, 0.6) is 0 Å². The maximum absolute atomic E-state index is 11.9. The second-order valence-corrected chi connectivity index (χ2v) is 4.43. The Kier molecular flexibility index (Phi) is 6.88. The summed E-state index contributed by atoms with van der Waals surface area (Å²) in [6.45, 7) is 5.15. The summed E-state index contributed by atoms with van der Waals surface area (Å²) < 4.78 is 9.97. The number of carbonyl (C=O) groups is 3. The third-order valence-corrected chi connectivity index (χ3v) is 2.76. The van der Waals surface area contributed by atoms with Gasteiger partial charge in [-0.25, -0.2) is 14.4 Å². The summed E-state index contributed by atoms with van der Waals surface area (Å²) in [7, 11) is 0. The highest BCUT2D eigenvalue weighted by Gasteiger charge is 2.30. The Labute approximate surface area is 129 Å². The average molecular weight is 308 g/mol. The van der Waals surface area contributed by atoms with Gasteiger partial charge in [-0.15, -0.1) is 0 Å². The lowest BCUT2D eigenvalue weighted by molar-refractivity contribution is -0.140. The van der Waals surface area contributed by atoms with Crippen LogP contribution in [0.1, 0.15) is 20.8 Å². The van der Waals surface area contributed by atoms with E-state index in [2.05, 4.69) is 10.6 Å². The first-order valence-electron chi connectivity index (χ1n) is 6.93. The lowest BCUT2D eigenvalue weighted by atomic mass is 10.0. The van der Waals surface area contributed by atoms with Gasteiger partial charge in [0.05, 0.1) is 23.9 Å². The molecule has 22 heavy (non-hydrogen) atoms. The van der Waals surface area contributed by atoms with Gasteiger partial charge >= 0.3 is 18.0 Å². The Morgan fingerprint density at radius 2 is 2.00 bits per heavy atom. The zero-order valence-corrected chi connectivity index (χ0v) is 12.8. The molecule has 0 bridgehead atoms. The van der Waals surface area contributed by atoms with Crippen LogP contribution in [0.4, 0.5) is 4.79 Å². The van der Waals surface area contributed by atoms with E-state index in [-0.39, 0.29) is 24.5 Å². The molecule has 0 aromatic carbocycles. The van der Waals surface area contributed by atoms with E-state index in [4.69, 9.17) is 9.47 Å². The number of esters is 2. The molecule has 0 aliphatic carbocycles. The molecule has 7 nitrogen and oxygen atoms in total. The van der Waals surface area contributed by atoms with Gasteiger partial charge in [-0.05, 0) is 20.8 Å². The van der Waals surface area contributed by atoms with Gasteiger partial charge in [0.15, 0.2) is 0 Å². The molecule has 1 heterocycles. The van der Waals surface area contributed by atoms with Crippen molar-refractivity contribution in [2.24, 2.45) is 0 Å². The van der Waals surface area contributed by atoms with Crippen molar-refractivity contribution in [1.29, 1.82) is 0 Å². The van der Waals surface area contributed by atoms with E-state index in [1.165, 1.54) is 12.2 Å². The monoisotopic (exact) mass is 308 g/mol. The van der Waals surface area contributed by atoms with E-state index in [1.54, 1.807) is 26.0 Å². The van der Waals surface area contributed by atoms with Crippen LogP contribution in [0.3, 0.4) is 0 Å². The first-order valence-corrected chi connectivity index (χ1v) is 6.93. The molecule has 1 aliphatic rings. The molecule has 0 saturated heterocycles. The minimum atomic E-state index is -0.575. The summed E-state index contributed by atoms with van der Waals surface area (Å²) in [5, 5.41) is 5.03. The van der Waals surface area contributed by atoms with Crippen molar-refractivity contribution in [3.8, 4) is 0 Å². The minimum Gasteiger partial charge on any atom is -0.463 e. The normalized spacial score (nSPS) is 18.3. The van der Waals surface area contributed by atoms with Crippen LogP contribution in [-0.4, -0.2) is 37.2 Å². The summed E-state index contributed by atoms with van der Waals surface area (Å²) in [4.78, 5) is 35.0. The zero-order chi connectivity index (χ0) is 16.5. The Morgan fingerprint density at radius 1 is 1.27 bits per heavy atom. The second-order valence-electron chi connectivity index (χ2n) is 4.43. The summed E-state index contributed by atoms with van der Waals surface area (Å²) in [5.41, 5.74) is 0.467. The molecule has 0 fully saturated rings. The van der Waals surface area contributed by atoms with Crippen LogP contribution in [0.25, 0.3) is 0 Å². The molecule has 120 valence electrons. The van der Waals surface area contributed by atoms with E-state index in [0.717, 1.165) is 0 Å². The predicted molar refractivity (Wildman–Crippen MR) is 79.7 cm³/mol. The van der Waals surface area contributed by atoms with E-state index >= 15 is 0 Å². The lowest BCUT2D eigenvalue weighted by Crippen LogP contribution is -2.50. The van der Waals surface area contributed by atoms with Crippen molar-refractivity contribution in [3.05, 3.63) is 35.6 Å². The van der Waals surface area contributed by atoms with Gasteiger partial charge in [0.25, 0.3) is 0 Å². The fraction of sp³-hybridized carbons (Fsp3) is 0.400. The number of urea groups is 1. The Balaban J connectivity index is 2.84. The number of rotatable bonds is 6. The molecule has 1 aliphatic heterocycles. The number of carbonyl (C=O) groups excluding carboxylic acids is 3. The number of ether oxygens (including phenoxy) is 2. The molecule has 0 unspecified atom stereocenters. The van der Waals surface area contributed by atoms with Gasteiger partial charge in [-0.3, -0.25) is 0 Å². The fourth-order valence-corrected chi connectivity index (χ4v) is 1.83. The van der Waals surface area contributed by atoms with Crippen LogP contribution < -0.4 is 10.6 Å². The van der Waals surface area contributed by atoms with Gasteiger partial charge in [0.2, 0.25) is 0 Å². The van der Waals surface area contributed by atoms with Gasteiger partial charge < -0.3 is 20.1 Å². The van der Waals surface area contributed by atoms with Crippen molar-refractivity contribution < 1.29 is 23.9 Å². The molecule has 0 aromatic rings. The number of allylic oxidation sites excluding steroid dienone is 3. The topological polar surface area (TPSA) is 93.7 Å². The number of nitrogens with one attached hydrogen (secondary N) is 2. The smallest absolute Gasteiger partial charge is 0.338 e. The molecular formula is C15H20N2O5. The quantitative estimate of drug-likeness (QED) is 0.436. The largest absolute Gasteiger partial charge is 0.463 e. The standard InChI is InChI=1S/C15H20N2O5/c1-4-6-7-8-12(18)22-9-11-13(14(19)21-5-2)10(3)16-15(20)17-11/h4,6-8,10H,5,9H2,1-3H3,(H2,16,17,20)/b6-4+,8-7+/t10-/m1/s1. The van der Waals surface area contributed by atoms with Crippen molar-refractivity contribution >= 4 is 18.0 Å². The summed E-state index contributed by atoms with van der Waals surface area (Å²) in [6, 6.07) is -0.990. The zero-order valence-electron chi connectivity index (χ0n) is 12.8. The SMILES string of the molecule is C/C=C/C=C/C(=O)OCC1=C(C(=O)OCC)[C@@H](C)NC(=O)N1. The predicted octanol–water partition coefficient (Wildman–Crippen LogP) is 1.18. The molecule has 1 rings (SSSR count). The number of hydrogen-bond acceptors (Lipinski definition) is 5. The minimum absolute atomic E-state index is 0.210. The number of hydrogen-bond donors (Lipinski definition) is 2. The third-order valence-electron chi connectivity index (χ3n) is 2.76. The first kappa shape index (κ1) is 17.5. The van der Waals surface area contributed by atoms with E-state index in [0.29, 0.717) is 0 Å². The fourth-order valence-electron chi connectivity index (χ4n) is 1.83. The van der Waals surface area contributed by atoms with Gasteiger partial charge in [-0.1, -0.05) is 18.2 Å². The molecule has 0 spiro atoms. The molecule has 1 atom stereocenters. The van der Waals surface area contributed by atoms with Crippen molar-refractivity contribution in [2.45, 2.75) is 26.8 Å². The summed E-state index contributed by atoms with van der Waals surface area (Å²) >= 11 is 0. The molecule has 0 radical (unpaired) electrons.